The van der Waals surface area contributed by atoms with Gasteiger partial charge in [-0.05, 0) is 122 Å². The van der Waals surface area contributed by atoms with Gasteiger partial charge in [0.2, 0.25) is 0 Å². The zero-order chi connectivity index (χ0) is 57.0. The molecular formula is C68H110NO8P. The first-order valence-corrected chi connectivity index (χ1v) is 31.7. The van der Waals surface area contributed by atoms with Gasteiger partial charge < -0.3 is 27.9 Å². The van der Waals surface area contributed by atoms with Crippen LogP contribution in [0.25, 0.3) is 0 Å². The molecule has 10 heteroatoms. The van der Waals surface area contributed by atoms with Gasteiger partial charge >= 0.3 is 11.9 Å². The number of carbonyl (C=O) groups is 2. The molecule has 0 rings (SSSR count). The summed E-state index contributed by atoms with van der Waals surface area (Å²) in [4.78, 5) is 37.9. The smallest absolute Gasteiger partial charge is 0.306 e. The summed E-state index contributed by atoms with van der Waals surface area (Å²) in [6.45, 7) is 3.95. The van der Waals surface area contributed by atoms with E-state index >= 15 is 0 Å². The van der Waals surface area contributed by atoms with Crippen LogP contribution in [0.5, 0.6) is 0 Å². The van der Waals surface area contributed by atoms with Crippen molar-refractivity contribution in [2.24, 2.45) is 0 Å². The van der Waals surface area contributed by atoms with Crippen LogP contribution < -0.4 is 4.89 Å². The number of ether oxygens (including phenoxy) is 2. The molecule has 440 valence electrons. The van der Waals surface area contributed by atoms with Gasteiger partial charge in [0.25, 0.3) is 7.82 Å². The molecule has 2 atom stereocenters. The van der Waals surface area contributed by atoms with Crippen molar-refractivity contribution in [3.63, 3.8) is 0 Å². The Hall–Kier alpha value is -4.37. The SMILES string of the molecule is CC/C=C\C/C=C\C/C=C\C/C=C\C/C=C\C/C=C\C/C=C\C/C=C\CCCCCCC(=O)OC(COC(=O)CCCCCCCCCCC/C=C\C/C=C\C/C=C\C/C=C\C/C=C\CC)COP(=O)([O-])OCC[N+](C)(C)C. The Morgan fingerprint density at radius 3 is 1.03 bits per heavy atom. The fourth-order valence-electron chi connectivity index (χ4n) is 7.46. The molecule has 0 amide bonds. The maximum Gasteiger partial charge on any atom is 0.306 e. The Labute approximate surface area is 477 Å². The van der Waals surface area contributed by atoms with E-state index < -0.39 is 32.5 Å². The summed E-state index contributed by atoms with van der Waals surface area (Å²) >= 11 is 0. The van der Waals surface area contributed by atoms with Gasteiger partial charge in [0, 0.05) is 12.8 Å². The van der Waals surface area contributed by atoms with Crippen molar-refractivity contribution in [3.05, 3.63) is 158 Å². The van der Waals surface area contributed by atoms with Gasteiger partial charge in [0.1, 0.15) is 19.8 Å². The highest BCUT2D eigenvalue weighted by atomic mass is 31.2. The van der Waals surface area contributed by atoms with Gasteiger partial charge in [0.05, 0.1) is 27.7 Å². The third-order valence-corrected chi connectivity index (χ3v) is 13.0. The number of phosphoric ester groups is 1. The first-order valence-electron chi connectivity index (χ1n) is 30.2. The van der Waals surface area contributed by atoms with Gasteiger partial charge in [-0.15, -0.1) is 0 Å². The van der Waals surface area contributed by atoms with E-state index in [9.17, 15) is 19.0 Å². The third-order valence-electron chi connectivity index (χ3n) is 12.0. The van der Waals surface area contributed by atoms with Crippen molar-refractivity contribution in [3.8, 4) is 0 Å². The minimum Gasteiger partial charge on any atom is -0.756 e. The van der Waals surface area contributed by atoms with Crippen LogP contribution in [0.2, 0.25) is 0 Å². The molecule has 2 unspecified atom stereocenters. The van der Waals surface area contributed by atoms with E-state index in [0.29, 0.717) is 23.9 Å². The van der Waals surface area contributed by atoms with E-state index in [2.05, 4.69) is 172 Å². The number of hydrogen-bond donors (Lipinski definition) is 0. The van der Waals surface area contributed by atoms with Crippen molar-refractivity contribution < 1.29 is 42.1 Å². The number of unbranched alkanes of at least 4 members (excludes halogenated alkanes) is 13. The van der Waals surface area contributed by atoms with Crippen LogP contribution in [0.4, 0.5) is 0 Å². The second kappa shape index (κ2) is 57.3. The highest BCUT2D eigenvalue weighted by Crippen LogP contribution is 2.38. The molecule has 0 N–H and O–H groups in total. The molecule has 0 aliphatic rings. The number of phosphoric acid groups is 1. The summed E-state index contributed by atoms with van der Waals surface area (Å²) in [6, 6.07) is 0. The summed E-state index contributed by atoms with van der Waals surface area (Å²) in [7, 11) is 1.12. The van der Waals surface area contributed by atoms with Crippen LogP contribution in [0.1, 0.15) is 206 Å². The van der Waals surface area contributed by atoms with Crippen molar-refractivity contribution in [2.45, 2.75) is 213 Å². The maximum absolute atomic E-state index is 12.8. The minimum absolute atomic E-state index is 0.0469. The molecule has 0 saturated heterocycles. The number of esters is 2. The Morgan fingerprint density at radius 1 is 0.397 bits per heavy atom. The lowest BCUT2D eigenvalue weighted by molar-refractivity contribution is -0.870. The molecular weight excluding hydrogens is 990 g/mol. The van der Waals surface area contributed by atoms with Crippen molar-refractivity contribution in [2.75, 3.05) is 47.5 Å². The largest absolute Gasteiger partial charge is 0.756 e. The highest BCUT2D eigenvalue weighted by molar-refractivity contribution is 7.45. The van der Waals surface area contributed by atoms with E-state index in [-0.39, 0.29) is 26.1 Å². The molecule has 0 aliphatic heterocycles. The molecule has 0 spiro atoms. The summed E-state index contributed by atoms with van der Waals surface area (Å²) in [5.74, 6) is -0.883. The second-order valence-electron chi connectivity index (χ2n) is 20.6. The topological polar surface area (TPSA) is 111 Å². The summed E-state index contributed by atoms with van der Waals surface area (Å²) in [6.07, 6.45) is 85.7. The molecule has 0 aromatic rings. The maximum atomic E-state index is 12.8. The monoisotopic (exact) mass is 1100 g/mol. The lowest BCUT2D eigenvalue weighted by Crippen LogP contribution is -2.37. The average molecular weight is 1100 g/mol. The van der Waals surface area contributed by atoms with E-state index in [1.165, 1.54) is 32.1 Å². The summed E-state index contributed by atoms with van der Waals surface area (Å²) in [5.41, 5.74) is 0. The molecule has 78 heavy (non-hydrogen) atoms. The van der Waals surface area contributed by atoms with Gasteiger partial charge in [-0.1, -0.05) is 230 Å². The number of quaternary nitrogens is 1. The van der Waals surface area contributed by atoms with Gasteiger partial charge in [-0.3, -0.25) is 14.2 Å². The van der Waals surface area contributed by atoms with Crippen LogP contribution in [-0.2, 0) is 32.7 Å². The molecule has 0 saturated carbocycles. The van der Waals surface area contributed by atoms with Crippen LogP contribution in [0.3, 0.4) is 0 Å². The summed E-state index contributed by atoms with van der Waals surface area (Å²) in [5, 5.41) is 0. The predicted molar refractivity (Wildman–Crippen MR) is 332 cm³/mol. The number of carbonyl (C=O) groups excluding carboxylic acids is 2. The lowest BCUT2D eigenvalue weighted by atomic mass is 10.1. The molecule has 0 aliphatic carbocycles. The zero-order valence-corrected chi connectivity index (χ0v) is 50.7. The van der Waals surface area contributed by atoms with E-state index in [1.807, 2.05) is 21.1 Å². The number of nitrogens with zero attached hydrogens (tertiary/aromatic N) is 1. The molecule has 0 aromatic heterocycles. The first-order chi connectivity index (χ1) is 38.0. The molecule has 0 heterocycles. The molecule has 0 fully saturated rings. The van der Waals surface area contributed by atoms with Crippen LogP contribution in [0.15, 0.2) is 158 Å². The highest BCUT2D eigenvalue weighted by Gasteiger charge is 2.21. The van der Waals surface area contributed by atoms with E-state index in [0.717, 1.165) is 135 Å². The molecule has 0 bridgehead atoms. The van der Waals surface area contributed by atoms with Gasteiger partial charge in [-0.25, -0.2) is 0 Å². The van der Waals surface area contributed by atoms with E-state index in [4.69, 9.17) is 18.5 Å². The Bertz CT molecular complexity index is 1870. The Kier molecular flexibility index (Phi) is 54.1. The summed E-state index contributed by atoms with van der Waals surface area (Å²) < 4.78 is 34.2. The Balaban J connectivity index is 4.28. The number of rotatable bonds is 53. The fraction of sp³-hybridized carbons (Fsp3) is 0.588. The van der Waals surface area contributed by atoms with Crippen molar-refractivity contribution in [1.29, 1.82) is 0 Å². The van der Waals surface area contributed by atoms with E-state index in [1.54, 1.807) is 0 Å². The second-order valence-corrected chi connectivity index (χ2v) is 22.0. The number of allylic oxidation sites excluding steroid dienone is 26. The molecule has 0 radical (unpaired) electrons. The molecule has 9 nitrogen and oxygen atoms in total. The standard InChI is InChI=1S/C68H110NO8P/c1-6-8-10-12-14-16-18-20-22-24-26-28-30-32-33-34-35-37-39-41-43-45-47-49-51-53-55-57-59-61-68(71)77-66(65-76-78(72,73)75-63-62-69(3,4)5)64-74-67(70)60-58-56-54-52-50-48-46-44-42-40-38-36-31-29-27-25-23-21-19-17-15-13-11-9-7-2/h8-11,14-17,20-23,26-29,32-33,35-38,41,43,47,49,66H,6-7,12-13,18-19,24-25,30-31,34,39-40,42,44-46,48,50-65H2,1-5H3/b10-8-,11-9-,16-14-,17-15-,22-20-,23-21-,28-26-,29-27-,33-32-,37-35-,38-36-,43-41-,49-47-. The zero-order valence-electron chi connectivity index (χ0n) is 49.8. The minimum atomic E-state index is -4.66. The predicted octanol–water partition coefficient (Wildman–Crippen LogP) is 18.6. The van der Waals surface area contributed by atoms with Crippen molar-refractivity contribution >= 4 is 19.8 Å². The first kappa shape index (κ1) is 73.6. The fourth-order valence-corrected chi connectivity index (χ4v) is 8.19. The normalized spacial score (nSPS) is 14.4. The Morgan fingerprint density at radius 2 is 0.692 bits per heavy atom. The molecule has 0 aromatic carbocycles. The van der Waals surface area contributed by atoms with Crippen LogP contribution in [-0.4, -0.2) is 70.0 Å². The third kappa shape index (κ3) is 60.9. The van der Waals surface area contributed by atoms with Crippen LogP contribution in [0, 0.1) is 0 Å². The van der Waals surface area contributed by atoms with Crippen LogP contribution >= 0.6 is 7.82 Å². The van der Waals surface area contributed by atoms with Gasteiger partial charge in [0.15, 0.2) is 6.10 Å². The number of hydrogen-bond acceptors (Lipinski definition) is 8. The van der Waals surface area contributed by atoms with Crippen molar-refractivity contribution in [1.82, 2.24) is 0 Å². The van der Waals surface area contributed by atoms with Gasteiger partial charge in [-0.2, -0.15) is 0 Å². The quantitative estimate of drug-likeness (QED) is 0.0195. The lowest BCUT2D eigenvalue weighted by Gasteiger charge is -2.28. The average Bonchev–Trinajstić information content (AvgIpc) is 3.41. The number of likely N-dealkylation sites (N-methyl/N-ethyl adjacent to an activating group) is 1.